The number of hydrogen-bond donors (Lipinski definition) is 2. The van der Waals surface area contributed by atoms with Gasteiger partial charge in [0.2, 0.25) is 0 Å². The van der Waals surface area contributed by atoms with Gasteiger partial charge < -0.3 is 5.32 Å². The predicted molar refractivity (Wildman–Crippen MR) is 109 cm³/mol. The average Bonchev–Trinajstić information content (AvgIpc) is 3.06. The number of nitrogens with one attached hydrogen (secondary N) is 2. The molecule has 2 N–H and O–H groups in total. The Bertz CT molecular complexity index is 1220. The van der Waals surface area contributed by atoms with Gasteiger partial charge in [0.25, 0.3) is 5.56 Å². The van der Waals surface area contributed by atoms with Crippen molar-refractivity contribution >= 4 is 23.1 Å². The van der Waals surface area contributed by atoms with Gasteiger partial charge in [-0.2, -0.15) is 9.78 Å². The Labute approximate surface area is 166 Å². The lowest BCUT2D eigenvalue weighted by atomic mass is 10.1. The first-order valence-corrected chi connectivity index (χ1v) is 9.09. The molecule has 0 atom stereocenters. The van der Waals surface area contributed by atoms with E-state index in [1.54, 1.807) is 12.1 Å². The Balaban J connectivity index is 1.67. The highest BCUT2D eigenvalue weighted by atomic mass is 35.5. The minimum Gasteiger partial charge on any atom is -0.365 e. The molecule has 0 fully saturated rings. The number of nitrogens with zero attached hydrogens (tertiary/aromatic N) is 3. The van der Waals surface area contributed by atoms with Crippen molar-refractivity contribution in [1.82, 2.24) is 14.6 Å². The highest BCUT2D eigenvalue weighted by molar-refractivity contribution is 6.30. The quantitative estimate of drug-likeness (QED) is 0.544. The topological polar surface area (TPSA) is 86.0 Å². The van der Waals surface area contributed by atoms with Gasteiger partial charge in [0.15, 0.2) is 5.65 Å². The van der Waals surface area contributed by atoms with Crippen molar-refractivity contribution in [1.29, 1.82) is 5.26 Å². The molecular weight excluding hydrogens is 374 g/mol. The maximum absolute atomic E-state index is 12.5. The van der Waals surface area contributed by atoms with Gasteiger partial charge in [0, 0.05) is 24.1 Å². The molecule has 0 aliphatic rings. The second-order valence-electron chi connectivity index (χ2n) is 6.36. The molecule has 0 spiro atoms. The molecule has 0 radical (unpaired) electrons. The molecule has 6 nitrogen and oxygen atoms in total. The highest BCUT2D eigenvalue weighted by Crippen LogP contribution is 2.19. The van der Waals surface area contributed by atoms with Gasteiger partial charge in [-0.15, -0.1) is 0 Å². The zero-order valence-electron chi connectivity index (χ0n) is 14.8. The maximum atomic E-state index is 12.5. The molecule has 0 amide bonds. The first-order valence-electron chi connectivity index (χ1n) is 8.71. The van der Waals surface area contributed by atoms with Crippen molar-refractivity contribution in [2.45, 2.75) is 13.0 Å². The fourth-order valence-corrected chi connectivity index (χ4v) is 3.13. The van der Waals surface area contributed by atoms with Gasteiger partial charge >= 0.3 is 0 Å². The van der Waals surface area contributed by atoms with Crippen LogP contribution >= 0.6 is 11.6 Å². The Morgan fingerprint density at radius 3 is 2.57 bits per heavy atom. The van der Waals surface area contributed by atoms with E-state index in [2.05, 4.69) is 21.5 Å². The zero-order chi connectivity index (χ0) is 19.5. The summed E-state index contributed by atoms with van der Waals surface area (Å²) in [4.78, 5) is 17.1. The molecule has 0 unspecified atom stereocenters. The molecule has 28 heavy (non-hydrogen) atoms. The summed E-state index contributed by atoms with van der Waals surface area (Å²) in [6.07, 6.45) is 0.524. The summed E-state index contributed by atoms with van der Waals surface area (Å²) >= 11 is 5.90. The second kappa shape index (κ2) is 7.59. The smallest absolute Gasteiger partial charge is 0.273 e. The standard InChI is InChI=1S/C21H16ClN5O/c22-16-8-6-15(7-9-16)13-24-20-18(12-23)21-25-17(11-19(28)27(21)26-20)10-14-4-2-1-3-5-14/h1-9,11,24,26H,10,13H2. The molecule has 138 valence electrons. The summed E-state index contributed by atoms with van der Waals surface area (Å²) in [6.45, 7) is 0.476. The molecule has 0 aliphatic heterocycles. The lowest BCUT2D eigenvalue weighted by Crippen LogP contribution is -2.16. The van der Waals surface area contributed by atoms with Crippen LogP contribution < -0.4 is 10.9 Å². The number of fused-ring (bicyclic) bond motifs is 1. The number of halogens is 1. The molecule has 2 heterocycles. The van der Waals surface area contributed by atoms with E-state index in [4.69, 9.17) is 11.6 Å². The molecule has 7 heteroatoms. The maximum Gasteiger partial charge on any atom is 0.273 e. The fourth-order valence-electron chi connectivity index (χ4n) is 3.01. The van der Waals surface area contributed by atoms with Crippen LogP contribution in [0.5, 0.6) is 0 Å². The Kier molecular flexibility index (Phi) is 4.83. The summed E-state index contributed by atoms with van der Waals surface area (Å²) in [5.74, 6) is 0.457. The third-order valence-corrected chi connectivity index (χ3v) is 4.64. The van der Waals surface area contributed by atoms with Crippen molar-refractivity contribution < 1.29 is 0 Å². The van der Waals surface area contributed by atoms with Crippen LogP contribution in [0.4, 0.5) is 5.82 Å². The van der Waals surface area contributed by atoms with Crippen molar-refractivity contribution in [3.05, 3.63) is 98.4 Å². The number of hydrogen-bond acceptors (Lipinski definition) is 4. The van der Waals surface area contributed by atoms with Gasteiger partial charge in [-0.1, -0.05) is 54.1 Å². The first-order chi connectivity index (χ1) is 13.6. The average molecular weight is 390 g/mol. The largest absolute Gasteiger partial charge is 0.365 e. The first kappa shape index (κ1) is 17.8. The fraction of sp³-hybridized carbons (Fsp3) is 0.0952. The van der Waals surface area contributed by atoms with Gasteiger partial charge in [0.05, 0.1) is 5.69 Å². The zero-order valence-corrected chi connectivity index (χ0v) is 15.6. The van der Waals surface area contributed by atoms with E-state index >= 15 is 0 Å². The number of H-pyrrole nitrogens is 1. The number of rotatable bonds is 5. The molecule has 0 aliphatic carbocycles. The summed E-state index contributed by atoms with van der Waals surface area (Å²) in [7, 11) is 0. The molecule has 2 aromatic heterocycles. The van der Waals surface area contributed by atoms with E-state index in [0.717, 1.165) is 11.1 Å². The lowest BCUT2D eigenvalue weighted by molar-refractivity contribution is 0.878. The van der Waals surface area contributed by atoms with Crippen LogP contribution in [0.3, 0.4) is 0 Å². The van der Waals surface area contributed by atoms with Crippen LogP contribution in [-0.4, -0.2) is 14.6 Å². The van der Waals surface area contributed by atoms with Crippen LogP contribution in [0.15, 0.2) is 65.5 Å². The monoisotopic (exact) mass is 389 g/mol. The molecule has 0 saturated heterocycles. The SMILES string of the molecule is N#Cc1c(NCc2ccc(Cl)cc2)[nH]n2c(=O)cc(Cc3ccccc3)nc12. The van der Waals surface area contributed by atoms with Crippen molar-refractivity contribution in [3.8, 4) is 6.07 Å². The van der Waals surface area contributed by atoms with Gasteiger partial charge in [-0.05, 0) is 23.3 Å². The third kappa shape index (κ3) is 3.61. The summed E-state index contributed by atoms with van der Waals surface area (Å²) in [5, 5.41) is 16.4. The Morgan fingerprint density at radius 1 is 1.11 bits per heavy atom. The van der Waals surface area contributed by atoms with Gasteiger partial charge in [-0.25, -0.2) is 4.98 Å². The molecule has 0 bridgehead atoms. The second-order valence-corrected chi connectivity index (χ2v) is 6.80. The van der Waals surface area contributed by atoms with Gasteiger partial charge in [-0.3, -0.25) is 9.89 Å². The molecule has 2 aromatic carbocycles. The van der Waals surface area contributed by atoms with Crippen molar-refractivity contribution in [2.24, 2.45) is 0 Å². The van der Waals surface area contributed by atoms with E-state index in [0.29, 0.717) is 40.7 Å². The van der Waals surface area contributed by atoms with Crippen LogP contribution in [0, 0.1) is 11.3 Å². The van der Waals surface area contributed by atoms with Crippen LogP contribution in [0.1, 0.15) is 22.4 Å². The van der Waals surface area contributed by atoms with E-state index < -0.39 is 0 Å². The van der Waals surface area contributed by atoms with E-state index in [9.17, 15) is 10.1 Å². The lowest BCUT2D eigenvalue weighted by Gasteiger charge is -2.04. The number of nitriles is 1. The highest BCUT2D eigenvalue weighted by Gasteiger charge is 2.15. The molecular formula is C21H16ClN5O. The number of aromatic nitrogens is 3. The van der Waals surface area contributed by atoms with Crippen molar-refractivity contribution in [3.63, 3.8) is 0 Å². The minimum absolute atomic E-state index is 0.257. The summed E-state index contributed by atoms with van der Waals surface area (Å²) in [6, 6.07) is 20.8. The van der Waals surface area contributed by atoms with Crippen molar-refractivity contribution in [2.75, 3.05) is 5.32 Å². The summed E-state index contributed by atoms with van der Waals surface area (Å²) < 4.78 is 1.29. The number of benzene rings is 2. The predicted octanol–water partition coefficient (Wildman–Crippen LogP) is 3.75. The van der Waals surface area contributed by atoms with E-state index in [-0.39, 0.29) is 5.56 Å². The normalized spacial score (nSPS) is 10.7. The molecule has 4 aromatic rings. The summed E-state index contributed by atoms with van der Waals surface area (Å²) in [5.41, 5.74) is 3.04. The van der Waals surface area contributed by atoms with Crippen LogP contribution in [0.2, 0.25) is 5.02 Å². The number of anilines is 1. The van der Waals surface area contributed by atoms with E-state index in [1.165, 1.54) is 10.6 Å². The Hall–Kier alpha value is -3.56. The molecule has 4 rings (SSSR count). The van der Waals surface area contributed by atoms with Crippen LogP contribution in [-0.2, 0) is 13.0 Å². The molecule has 0 saturated carbocycles. The third-order valence-electron chi connectivity index (χ3n) is 4.39. The van der Waals surface area contributed by atoms with Gasteiger partial charge in [0.1, 0.15) is 17.5 Å². The Morgan fingerprint density at radius 2 is 1.86 bits per heavy atom. The van der Waals surface area contributed by atoms with E-state index in [1.807, 2.05) is 42.5 Å². The minimum atomic E-state index is -0.257. The van der Waals surface area contributed by atoms with Crippen LogP contribution in [0.25, 0.3) is 5.65 Å². The number of aromatic amines is 1.